The summed E-state index contributed by atoms with van der Waals surface area (Å²) in [5, 5.41) is 50.2. The minimum Gasteiger partial charge on any atom is -0.479 e. The number of carboxylic acids is 1. The van der Waals surface area contributed by atoms with E-state index in [1.165, 1.54) is 24.3 Å². The van der Waals surface area contributed by atoms with Gasteiger partial charge in [-0.2, -0.15) is 0 Å². The fourth-order valence-corrected chi connectivity index (χ4v) is 5.43. The van der Waals surface area contributed by atoms with Crippen LogP contribution in [0.15, 0.2) is 72.8 Å². The highest BCUT2D eigenvalue weighted by Crippen LogP contribution is 2.46. The molecule has 8 atom stereocenters. The third-order valence-electron chi connectivity index (χ3n) is 7.82. The predicted octanol–water partition coefficient (Wildman–Crippen LogP) is 2.30. The Labute approximate surface area is 246 Å². The summed E-state index contributed by atoms with van der Waals surface area (Å²) in [6, 6.07) is 18.6. The van der Waals surface area contributed by atoms with Crippen molar-refractivity contribution in [3.63, 3.8) is 0 Å². The van der Waals surface area contributed by atoms with Crippen molar-refractivity contribution in [3.8, 4) is 18.1 Å². The largest absolute Gasteiger partial charge is 0.479 e. The number of terminal acetylenes is 1. The molecule has 2 fully saturated rings. The van der Waals surface area contributed by atoms with Gasteiger partial charge in [0.15, 0.2) is 6.10 Å². The summed E-state index contributed by atoms with van der Waals surface area (Å²) < 4.78 is 24.1. The van der Waals surface area contributed by atoms with Crippen molar-refractivity contribution in [2.75, 3.05) is 4.90 Å². The molecule has 3 aromatic carbocycles. The Morgan fingerprint density at radius 1 is 0.977 bits per heavy atom. The van der Waals surface area contributed by atoms with Crippen molar-refractivity contribution in [1.29, 1.82) is 0 Å². The standard InChI is InChI=1S/C32H30FNO9/c1-2-17-3-11-21(12-4-17)34-25(23(30(34)39)15-16-24(35)18-5-9-20(33)10-6-18)19-7-13-22(14-8-19)42-32-28(38)26(36)27(37)29(43-32)31(40)41/h1,3-14,23-29,32,35-38H,15-16H2,(H,40,41)/t23?,24-,25+,26-,27?,28?,29-,32+/m0/s1. The molecule has 0 radical (unpaired) electrons. The van der Waals surface area contributed by atoms with E-state index in [0.717, 1.165) is 5.56 Å². The highest BCUT2D eigenvalue weighted by Gasteiger charge is 2.49. The smallest absolute Gasteiger partial charge is 0.335 e. The highest BCUT2D eigenvalue weighted by atomic mass is 19.1. The highest BCUT2D eigenvalue weighted by molar-refractivity contribution is 6.03. The van der Waals surface area contributed by atoms with Crippen molar-refractivity contribution in [1.82, 2.24) is 0 Å². The number of nitrogens with zero attached hydrogens (tertiary/aromatic N) is 1. The summed E-state index contributed by atoms with van der Waals surface area (Å²) in [5.74, 6) is 0.161. The number of carboxylic acid groups (broad SMARTS) is 1. The van der Waals surface area contributed by atoms with E-state index in [4.69, 9.17) is 15.9 Å². The molecule has 5 rings (SSSR count). The average Bonchev–Trinajstić information content (AvgIpc) is 3.01. The molecule has 2 heterocycles. The molecule has 2 saturated heterocycles. The molecule has 10 nitrogen and oxygen atoms in total. The van der Waals surface area contributed by atoms with Crippen molar-refractivity contribution in [3.05, 3.63) is 95.3 Å². The van der Waals surface area contributed by atoms with Gasteiger partial charge in [-0.25, -0.2) is 9.18 Å². The summed E-state index contributed by atoms with van der Waals surface area (Å²) in [7, 11) is 0. The third kappa shape index (κ3) is 6.10. The summed E-state index contributed by atoms with van der Waals surface area (Å²) in [5.41, 5.74) is 2.57. The Balaban J connectivity index is 1.35. The number of aliphatic hydroxyl groups excluding tert-OH is 4. The molecule has 3 unspecified atom stereocenters. The molecule has 11 heteroatoms. The SMILES string of the molecule is C#Cc1ccc(N2C(=O)C(CC[C@H](O)c3ccc(F)cc3)[C@H]2c2ccc(O[C@@H]3O[C@H](C(=O)O)C(O)[C@H](O)C3O)cc2)cc1. The number of rotatable bonds is 9. The van der Waals surface area contributed by atoms with Crippen molar-refractivity contribution < 1.29 is 49.0 Å². The van der Waals surface area contributed by atoms with Crippen LogP contribution < -0.4 is 9.64 Å². The van der Waals surface area contributed by atoms with Crippen LogP contribution in [0.5, 0.6) is 5.75 Å². The Hall–Kier alpha value is -4.31. The van der Waals surface area contributed by atoms with Gasteiger partial charge < -0.3 is 39.9 Å². The number of halogens is 1. The van der Waals surface area contributed by atoms with E-state index in [1.807, 2.05) is 0 Å². The van der Waals surface area contributed by atoms with Crippen LogP contribution in [0.1, 0.15) is 41.7 Å². The molecule has 0 bridgehead atoms. The van der Waals surface area contributed by atoms with Crippen LogP contribution in [-0.2, 0) is 14.3 Å². The summed E-state index contributed by atoms with van der Waals surface area (Å²) >= 11 is 0. The van der Waals surface area contributed by atoms with Crippen LogP contribution in [0.25, 0.3) is 0 Å². The number of aliphatic hydroxyl groups is 4. The second kappa shape index (κ2) is 12.5. The lowest BCUT2D eigenvalue weighted by molar-refractivity contribution is -0.271. The zero-order valence-electron chi connectivity index (χ0n) is 22.7. The number of β-lactam (4-membered cyclic amide) rings is 1. The molecule has 2 aliphatic heterocycles. The maximum atomic E-state index is 13.4. The second-order valence-corrected chi connectivity index (χ2v) is 10.5. The molecule has 3 aromatic rings. The van der Waals surface area contributed by atoms with E-state index < -0.39 is 60.6 Å². The Bertz CT molecular complexity index is 1490. The molecule has 1 amide bonds. The second-order valence-electron chi connectivity index (χ2n) is 10.5. The zero-order valence-corrected chi connectivity index (χ0v) is 22.7. The van der Waals surface area contributed by atoms with E-state index in [1.54, 1.807) is 53.4 Å². The molecule has 5 N–H and O–H groups in total. The van der Waals surface area contributed by atoms with Crippen LogP contribution in [0.4, 0.5) is 10.1 Å². The van der Waals surface area contributed by atoms with Crippen LogP contribution in [0.3, 0.4) is 0 Å². The van der Waals surface area contributed by atoms with Gasteiger partial charge in [-0.3, -0.25) is 4.79 Å². The first kappa shape index (κ1) is 30.2. The average molecular weight is 592 g/mol. The molecular weight excluding hydrogens is 561 g/mol. The monoisotopic (exact) mass is 591 g/mol. The topological polar surface area (TPSA) is 157 Å². The minimum absolute atomic E-state index is 0.143. The number of hydrogen-bond donors (Lipinski definition) is 5. The molecule has 224 valence electrons. The van der Waals surface area contributed by atoms with E-state index in [0.29, 0.717) is 23.2 Å². The maximum absolute atomic E-state index is 13.4. The molecule has 0 aromatic heterocycles. The fraction of sp³-hybridized carbons (Fsp3) is 0.312. The molecule has 2 aliphatic rings. The first-order valence-electron chi connectivity index (χ1n) is 13.6. The predicted molar refractivity (Wildman–Crippen MR) is 150 cm³/mol. The number of amides is 1. The number of carbonyl (C=O) groups is 2. The quantitative estimate of drug-likeness (QED) is 0.186. The lowest BCUT2D eigenvalue weighted by Crippen LogP contribution is -2.61. The van der Waals surface area contributed by atoms with Crippen molar-refractivity contribution in [2.45, 2.75) is 55.7 Å². The molecule has 43 heavy (non-hydrogen) atoms. The van der Waals surface area contributed by atoms with Gasteiger partial charge in [0.25, 0.3) is 0 Å². The molecule has 0 spiro atoms. The minimum atomic E-state index is -1.84. The van der Waals surface area contributed by atoms with Gasteiger partial charge in [0.2, 0.25) is 12.2 Å². The van der Waals surface area contributed by atoms with Gasteiger partial charge in [0.05, 0.1) is 18.1 Å². The molecule has 0 aliphatic carbocycles. The lowest BCUT2D eigenvalue weighted by Gasteiger charge is -2.48. The number of ether oxygens (including phenoxy) is 2. The number of aliphatic carboxylic acids is 1. The molecular formula is C32H30FNO9. The maximum Gasteiger partial charge on any atom is 0.335 e. The summed E-state index contributed by atoms with van der Waals surface area (Å²) in [6.45, 7) is 0. The first-order valence-corrected chi connectivity index (χ1v) is 13.6. The van der Waals surface area contributed by atoms with Gasteiger partial charge in [-0.05, 0) is 72.5 Å². The normalized spacial score (nSPS) is 27.6. The van der Waals surface area contributed by atoms with Gasteiger partial charge >= 0.3 is 5.97 Å². The van der Waals surface area contributed by atoms with Gasteiger partial charge in [0.1, 0.15) is 29.9 Å². The van der Waals surface area contributed by atoms with Crippen LogP contribution in [-0.4, -0.2) is 68.1 Å². The summed E-state index contributed by atoms with van der Waals surface area (Å²) in [6.07, 6.45) is -3.54. The van der Waals surface area contributed by atoms with E-state index >= 15 is 0 Å². The number of carbonyl (C=O) groups excluding carboxylic acids is 1. The van der Waals surface area contributed by atoms with E-state index in [-0.39, 0.29) is 18.1 Å². The van der Waals surface area contributed by atoms with E-state index in [2.05, 4.69) is 5.92 Å². The van der Waals surface area contributed by atoms with Crippen LogP contribution in [0, 0.1) is 24.1 Å². The Morgan fingerprint density at radius 2 is 1.63 bits per heavy atom. The molecule has 0 saturated carbocycles. The third-order valence-corrected chi connectivity index (χ3v) is 7.82. The number of hydrogen-bond acceptors (Lipinski definition) is 8. The van der Waals surface area contributed by atoms with Gasteiger partial charge in [-0.1, -0.05) is 30.2 Å². The Morgan fingerprint density at radius 3 is 2.23 bits per heavy atom. The zero-order chi connectivity index (χ0) is 30.8. The van der Waals surface area contributed by atoms with Crippen LogP contribution >= 0.6 is 0 Å². The van der Waals surface area contributed by atoms with Gasteiger partial charge in [0, 0.05) is 11.3 Å². The van der Waals surface area contributed by atoms with E-state index in [9.17, 15) is 39.5 Å². The van der Waals surface area contributed by atoms with Crippen LogP contribution in [0.2, 0.25) is 0 Å². The fourth-order valence-electron chi connectivity index (χ4n) is 5.43. The summed E-state index contributed by atoms with van der Waals surface area (Å²) in [4.78, 5) is 26.4. The Kier molecular flexibility index (Phi) is 8.77. The van der Waals surface area contributed by atoms with Crippen molar-refractivity contribution >= 4 is 17.6 Å². The first-order chi connectivity index (χ1) is 20.6. The van der Waals surface area contributed by atoms with Crippen molar-refractivity contribution in [2.24, 2.45) is 5.92 Å². The van der Waals surface area contributed by atoms with Gasteiger partial charge in [-0.15, -0.1) is 6.42 Å². The lowest BCUT2D eigenvalue weighted by atomic mass is 9.78. The number of anilines is 1. The number of benzene rings is 3.